The second kappa shape index (κ2) is 3.72. The summed E-state index contributed by atoms with van der Waals surface area (Å²) in [6, 6.07) is 2.14. The van der Waals surface area contributed by atoms with E-state index in [1.54, 1.807) is 11.2 Å². The zero-order valence-electron chi connectivity index (χ0n) is 9.49. The van der Waals surface area contributed by atoms with E-state index < -0.39 is 0 Å². The maximum Gasteiger partial charge on any atom is 0.289 e. The van der Waals surface area contributed by atoms with Crippen LogP contribution in [-0.2, 0) is 0 Å². The molecular formula is C12H17NO2. The van der Waals surface area contributed by atoms with Crippen LogP contribution in [0, 0.1) is 12.8 Å². The number of rotatable bonds is 3. The van der Waals surface area contributed by atoms with Crippen molar-refractivity contribution in [2.75, 3.05) is 7.05 Å². The van der Waals surface area contributed by atoms with Gasteiger partial charge in [-0.25, -0.2) is 0 Å². The first kappa shape index (κ1) is 10.3. The van der Waals surface area contributed by atoms with Crippen molar-refractivity contribution in [1.29, 1.82) is 0 Å². The Hall–Kier alpha value is -1.25. The van der Waals surface area contributed by atoms with Crippen molar-refractivity contribution in [3.05, 3.63) is 23.7 Å². The monoisotopic (exact) mass is 207 g/mol. The van der Waals surface area contributed by atoms with Crippen LogP contribution >= 0.6 is 0 Å². The Morgan fingerprint density at radius 2 is 2.27 bits per heavy atom. The molecule has 1 aromatic heterocycles. The van der Waals surface area contributed by atoms with E-state index in [9.17, 15) is 4.79 Å². The average Bonchev–Trinajstić information content (AvgIpc) is 2.98. The van der Waals surface area contributed by atoms with Crippen LogP contribution in [0.1, 0.15) is 35.9 Å². The van der Waals surface area contributed by atoms with Crippen LogP contribution < -0.4 is 0 Å². The molecule has 0 spiro atoms. The summed E-state index contributed by atoms with van der Waals surface area (Å²) in [5.74, 6) is 1.16. The molecular weight excluding hydrogens is 190 g/mol. The Balaban J connectivity index is 2.10. The maximum atomic E-state index is 12.0. The summed E-state index contributed by atoms with van der Waals surface area (Å²) in [4.78, 5) is 13.8. The smallest absolute Gasteiger partial charge is 0.289 e. The molecule has 0 radical (unpaired) electrons. The van der Waals surface area contributed by atoms with Crippen molar-refractivity contribution in [3.8, 4) is 0 Å². The molecule has 0 aromatic carbocycles. The van der Waals surface area contributed by atoms with Gasteiger partial charge in [0.05, 0.1) is 6.26 Å². The number of aryl methyl sites for hydroxylation is 1. The Morgan fingerprint density at radius 3 is 2.73 bits per heavy atom. The SMILES string of the molecule is Cc1ccoc1C(=O)N(C)[C@@H](C)C1CC1. The first-order chi connectivity index (χ1) is 7.11. The van der Waals surface area contributed by atoms with Gasteiger partial charge in [0.2, 0.25) is 0 Å². The predicted molar refractivity (Wildman–Crippen MR) is 57.7 cm³/mol. The van der Waals surface area contributed by atoms with Gasteiger partial charge in [-0.3, -0.25) is 4.79 Å². The number of carbonyl (C=O) groups is 1. The minimum absolute atomic E-state index is 0.00287. The van der Waals surface area contributed by atoms with Crippen molar-refractivity contribution in [1.82, 2.24) is 4.90 Å². The van der Waals surface area contributed by atoms with E-state index in [0.717, 1.165) is 5.56 Å². The van der Waals surface area contributed by atoms with E-state index in [1.165, 1.54) is 12.8 Å². The van der Waals surface area contributed by atoms with E-state index in [-0.39, 0.29) is 5.91 Å². The highest BCUT2D eigenvalue weighted by molar-refractivity contribution is 5.92. The first-order valence-corrected chi connectivity index (χ1v) is 5.42. The van der Waals surface area contributed by atoms with Gasteiger partial charge in [0.25, 0.3) is 5.91 Å². The highest BCUT2D eigenvalue weighted by Crippen LogP contribution is 2.35. The lowest BCUT2D eigenvalue weighted by atomic mass is 10.1. The standard InChI is InChI=1S/C12H17NO2/c1-8-6-7-15-11(8)12(14)13(3)9(2)10-4-5-10/h6-7,9-10H,4-5H2,1-3H3/t9-/m0/s1. The van der Waals surface area contributed by atoms with Crippen molar-refractivity contribution in [2.45, 2.75) is 32.7 Å². The summed E-state index contributed by atoms with van der Waals surface area (Å²) < 4.78 is 5.21. The van der Waals surface area contributed by atoms with Crippen LogP contribution in [0.15, 0.2) is 16.7 Å². The second-order valence-corrected chi connectivity index (χ2v) is 4.43. The van der Waals surface area contributed by atoms with Gasteiger partial charge >= 0.3 is 0 Å². The molecule has 0 bridgehead atoms. The third-order valence-corrected chi connectivity index (χ3v) is 3.29. The Bertz CT molecular complexity index is 365. The van der Waals surface area contributed by atoms with Gasteiger partial charge in [0.1, 0.15) is 0 Å². The third-order valence-electron chi connectivity index (χ3n) is 3.29. The third kappa shape index (κ3) is 1.91. The van der Waals surface area contributed by atoms with Crippen molar-refractivity contribution >= 4 is 5.91 Å². The van der Waals surface area contributed by atoms with Crippen LogP contribution in [0.2, 0.25) is 0 Å². The molecule has 1 amide bonds. The van der Waals surface area contributed by atoms with E-state index in [4.69, 9.17) is 4.42 Å². The molecule has 1 heterocycles. The maximum absolute atomic E-state index is 12.0. The van der Waals surface area contributed by atoms with Gasteiger partial charge in [0.15, 0.2) is 5.76 Å². The van der Waals surface area contributed by atoms with E-state index in [0.29, 0.717) is 17.7 Å². The minimum atomic E-state index is -0.00287. The molecule has 0 saturated heterocycles. The molecule has 0 N–H and O–H groups in total. The molecule has 2 rings (SSSR count). The lowest BCUT2D eigenvalue weighted by molar-refractivity contribution is 0.0694. The van der Waals surface area contributed by atoms with Gasteiger partial charge in [0, 0.05) is 18.7 Å². The van der Waals surface area contributed by atoms with Crippen molar-refractivity contribution in [2.24, 2.45) is 5.92 Å². The number of hydrogen-bond donors (Lipinski definition) is 0. The van der Waals surface area contributed by atoms with E-state index >= 15 is 0 Å². The predicted octanol–water partition coefficient (Wildman–Crippen LogP) is 2.46. The number of nitrogens with zero attached hydrogens (tertiary/aromatic N) is 1. The molecule has 15 heavy (non-hydrogen) atoms. The summed E-state index contributed by atoms with van der Waals surface area (Å²) in [6.07, 6.45) is 4.06. The topological polar surface area (TPSA) is 33.5 Å². The highest BCUT2D eigenvalue weighted by Gasteiger charge is 2.33. The van der Waals surface area contributed by atoms with Crippen molar-refractivity contribution < 1.29 is 9.21 Å². The van der Waals surface area contributed by atoms with Crippen molar-refractivity contribution in [3.63, 3.8) is 0 Å². The Morgan fingerprint density at radius 1 is 1.60 bits per heavy atom. The number of amides is 1. The lowest BCUT2D eigenvalue weighted by Gasteiger charge is -2.24. The van der Waals surface area contributed by atoms with Crippen LogP contribution in [-0.4, -0.2) is 23.9 Å². The fourth-order valence-corrected chi connectivity index (χ4v) is 1.83. The number of carbonyl (C=O) groups excluding carboxylic acids is 1. The minimum Gasteiger partial charge on any atom is -0.459 e. The summed E-state index contributed by atoms with van der Waals surface area (Å²) in [5.41, 5.74) is 0.912. The number of hydrogen-bond acceptors (Lipinski definition) is 2. The van der Waals surface area contributed by atoms with Crippen LogP contribution in [0.25, 0.3) is 0 Å². The molecule has 3 nitrogen and oxygen atoms in total. The zero-order chi connectivity index (χ0) is 11.0. The molecule has 82 valence electrons. The first-order valence-electron chi connectivity index (χ1n) is 5.42. The second-order valence-electron chi connectivity index (χ2n) is 4.43. The molecule has 1 aliphatic rings. The molecule has 1 saturated carbocycles. The molecule has 1 atom stereocenters. The van der Waals surface area contributed by atoms with Crippen LogP contribution in [0.4, 0.5) is 0 Å². The molecule has 1 aromatic rings. The largest absolute Gasteiger partial charge is 0.459 e. The normalized spacial score (nSPS) is 17.5. The van der Waals surface area contributed by atoms with Gasteiger partial charge in [-0.15, -0.1) is 0 Å². The molecule has 0 aliphatic heterocycles. The molecule has 1 aliphatic carbocycles. The van der Waals surface area contributed by atoms with Gasteiger partial charge in [-0.05, 0) is 38.7 Å². The highest BCUT2D eigenvalue weighted by atomic mass is 16.3. The summed E-state index contributed by atoms with van der Waals surface area (Å²) in [5, 5.41) is 0. The summed E-state index contributed by atoms with van der Waals surface area (Å²) in [6.45, 7) is 4.00. The molecule has 1 fully saturated rings. The van der Waals surface area contributed by atoms with Crippen LogP contribution in [0.5, 0.6) is 0 Å². The fourth-order valence-electron chi connectivity index (χ4n) is 1.83. The fraction of sp³-hybridized carbons (Fsp3) is 0.583. The number of furan rings is 1. The molecule has 0 unspecified atom stereocenters. The Labute approximate surface area is 90.1 Å². The lowest BCUT2D eigenvalue weighted by Crippen LogP contribution is -2.36. The quantitative estimate of drug-likeness (QED) is 0.762. The van der Waals surface area contributed by atoms with E-state index in [2.05, 4.69) is 6.92 Å². The average molecular weight is 207 g/mol. The molecule has 3 heteroatoms. The van der Waals surface area contributed by atoms with E-state index in [1.807, 2.05) is 20.0 Å². The van der Waals surface area contributed by atoms with Gasteiger partial charge in [-0.2, -0.15) is 0 Å². The Kier molecular flexibility index (Phi) is 2.55. The van der Waals surface area contributed by atoms with Gasteiger partial charge < -0.3 is 9.32 Å². The van der Waals surface area contributed by atoms with Crippen LogP contribution in [0.3, 0.4) is 0 Å². The van der Waals surface area contributed by atoms with Gasteiger partial charge in [-0.1, -0.05) is 0 Å². The summed E-state index contributed by atoms with van der Waals surface area (Å²) in [7, 11) is 1.85. The zero-order valence-corrected chi connectivity index (χ0v) is 9.49. The summed E-state index contributed by atoms with van der Waals surface area (Å²) >= 11 is 0.